The molecule has 3 aromatic rings. The van der Waals surface area contributed by atoms with E-state index in [9.17, 15) is 4.79 Å². The van der Waals surface area contributed by atoms with Gasteiger partial charge in [-0.25, -0.2) is 9.98 Å². The highest BCUT2D eigenvalue weighted by atomic mass is 16.1. The van der Waals surface area contributed by atoms with Gasteiger partial charge in [0.25, 0.3) is 0 Å². The first-order chi connectivity index (χ1) is 11.2. The SMILES string of the molecule is Cc1cccc(C(=O)C/C(=N\c2ncc[nH]2)c2ccccc2)c1. The normalized spacial score (nSPS) is 11.4. The number of H-pyrrole nitrogens is 1. The minimum atomic E-state index is 0.0443. The van der Waals surface area contributed by atoms with Crippen LogP contribution in [0.4, 0.5) is 5.95 Å². The quantitative estimate of drug-likeness (QED) is 0.569. The zero-order valence-corrected chi connectivity index (χ0v) is 12.9. The smallest absolute Gasteiger partial charge is 0.227 e. The Bertz CT molecular complexity index is 821. The molecular formula is C19H17N3O. The number of imidazole rings is 1. The van der Waals surface area contributed by atoms with Crippen molar-refractivity contribution in [1.82, 2.24) is 9.97 Å². The van der Waals surface area contributed by atoms with E-state index in [-0.39, 0.29) is 12.2 Å². The number of hydrogen-bond acceptors (Lipinski definition) is 3. The van der Waals surface area contributed by atoms with Crippen LogP contribution >= 0.6 is 0 Å². The van der Waals surface area contributed by atoms with Crippen molar-refractivity contribution in [2.75, 3.05) is 0 Å². The number of aliphatic imine (C=N–C) groups is 1. The van der Waals surface area contributed by atoms with Crippen molar-refractivity contribution in [2.24, 2.45) is 4.99 Å². The molecule has 0 spiro atoms. The minimum absolute atomic E-state index is 0.0443. The lowest BCUT2D eigenvalue weighted by atomic mass is 10.00. The van der Waals surface area contributed by atoms with Crippen LogP contribution < -0.4 is 0 Å². The number of aryl methyl sites for hydroxylation is 1. The number of nitrogens with zero attached hydrogens (tertiary/aromatic N) is 2. The molecule has 0 aliphatic carbocycles. The molecule has 0 bridgehead atoms. The number of ketones is 1. The van der Waals surface area contributed by atoms with Gasteiger partial charge < -0.3 is 4.98 Å². The van der Waals surface area contributed by atoms with Crippen LogP contribution in [0, 0.1) is 6.92 Å². The van der Waals surface area contributed by atoms with E-state index in [1.54, 1.807) is 12.4 Å². The first kappa shape index (κ1) is 14.9. The average Bonchev–Trinajstić information content (AvgIpc) is 3.08. The first-order valence-electron chi connectivity index (χ1n) is 7.44. The van der Waals surface area contributed by atoms with E-state index in [2.05, 4.69) is 15.0 Å². The summed E-state index contributed by atoms with van der Waals surface area (Å²) in [6, 6.07) is 17.3. The van der Waals surface area contributed by atoms with Gasteiger partial charge in [-0.1, -0.05) is 54.1 Å². The lowest BCUT2D eigenvalue weighted by Gasteiger charge is -2.07. The van der Waals surface area contributed by atoms with Gasteiger partial charge in [0.05, 0.1) is 12.1 Å². The highest BCUT2D eigenvalue weighted by Gasteiger charge is 2.13. The molecule has 0 aliphatic rings. The fourth-order valence-corrected chi connectivity index (χ4v) is 2.36. The zero-order chi connectivity index (χ0) is 16.1. The van der Waals surface area contributed by atoms with Gasteiger partial charge in [-0.3, -0.25) is 4.79 Å². The number of Topliss-reactive ketones (excluding diaryl/α,β-unsaturated/α-hetero) is 1. The van der Waals surface area contributed by atoms with Crippen LogP contribution in [0.2, 0.25) is 0 Å². The zero-order valence-electron chi connectivity index (χ0n) is 12.9. The molecule has 0 atom stereocenters. The van der Waals surface area contributed by atoms with Gasteiger partial charge in [-0.2, -0.15) is 0 Å². The number of carbonyl (C=O) groups is 1. The molecule has 0 aliphatic heterocycles. The fraction of sp³-hybridized carbons (Fsp3) is 0.105. The van der Waals surface area contributed by atoms with Gasteiger partial charge in [0, 0.05) is 18.0 Å². The molecule has 4 nitrogen and oxygen atoms in total. The first-order valence-corrected chi connectivity index (χ1v) is 7.44. The second-order valence-corrected chi connectivity index (χ2v) is 5.31. The summed E-state index contributed by atoms with van der Waals surface area (Å²) < 4.78 is 0. The third-order valence-corrected chi connectivity index (χ3v) is 3.50. The number of aromatic amines is 1. The molecule has 3 rings (SSSR count). The van der Waals surface area contributed by atoms with Gasteiger partial charge in [0.1, 0.15) is 0 Å². The van der Waals surface area contributed by atoms with Crippen molar-refractivity contribution in [3.63, 3.8) is 0 Å². The Hall–Kier alpha value is -3.01. The fourth-order valence-electron chi connectivity index (χ4n) is 2.36. The number of rotatable bonds is 5. The molecule has 114 valence electrons. The standard InChI is InChI=1S/C19H17N3O/c1-14-6-5-9-16(12-14)18(23)13-17(15-7-3-2-4-8-15)22-19-20-10-11-21-19/h2-12H,13H2,1H3,(H,20,21)/b22-17+. The molecule has 1 N–H and O–H groups in total. The van der Waals surface area contributed by atoms with Gasteiger partial charge >= 0.3 is 0 Å². The summed E-state index contributed by atoms with van der Waals surface area (Å²) in [5.41, 5.74) is 3.39. The maximum absolute atomic E-state index is 12.6. The van der Waals surface area contributed by atoms with Crippen LogP contribution in [0.15, 0.2) is 72.0 Å². The molecule has 23 heavy (non-hydrogen) atoms. The lowest BCUT2D eigenvalue weighted by Crippen LogP contribution is -2.10. The molecule has 2 aromatic carbocycles. The number of benzene rings is 2. The molecule has 0 amide bonds. The van der Waals surface area contributed by atoms with Crippen molar-refractivity contribution in [2.45, 2.75) is 13.3 Å². The third kappa shape index (κ3) is 3.80. The van der Waals surface area contributed by atoms with E-state index in [0.29, 0.717) is 17.2 Å². The van der Waals surface area contributed by atoms with E-state index < -0.39 is 0 Å². The van der Waals surface area contributed by atoms with Crippen LogP contribution in [-0.4, -0.2) is 21.5 Å². The molecule has 1 heterocycles. The lowest BCUT2D eigenvalue weighted by molar-refractivity contribution is 0.100. The molecule has 0 fully saturated rings. The molecule has 0 saturated carbocycles. The van der Waals surface area contributed by atoms with Crippen LogP contribution in [0.25, 0.3) is 0 Å². The van der Waals surface area contributed by atoms with Gasteiger partial charge in [0.15, 0.2) is 5.78 Å². The molecule has 0 radical (unpaired) electrons. The molecule has 4 heteroatoms. The number of carbonyl (C=O) groups excluding carboxylic acids is 1. The summed E-state index contributed by atoms with van der Waals surface area (Å²) in [4.78, 5) is 24.2. The van der Waals surface area contributed by atoms with Crippen molar-refractivity contribution in [3.8, 4) is 0 Å². The number of hydrogen-bond donors (Lipinski definition) is 1. The Labute approximate surface area is 134 Å². The highest BCUT2D eigenvalue weighted by Crippen LogP contribution is 2.14. The van der Waals surface area contributed by atoms with Crippen molar-refractivity contribution < 1.29 is 4.79 Å². The van der Waals surface area contributed by atoms with Crippen molar-refractivity contribution in [3.05, 3.63) is 83.7 Å². The summed E-state index contributed by atoms with van der Waals surface area (Å²) in [5.74, 6) is 0.545. The Balaban J connectivity index is 1.92. The van der Waals surface area contributed by atoms with Crippen molar-refractivity contribution >= 4 is 17.4 Å². The van der Waals surface area contributed by atoms with Crippen LogP contribution in [0.3, 0.4) is 0 Å². The second kappa shape index (κ2) is 6.83. The Morgan fingerprint density at radius 1 is 1.09 bits per heavy atom. The summed E-state index contributed by atoms with van der Waals surface area (Å²) in [5, 5.41) is 0. The summed E-state index contributed by atoms with van der Waals surface area (Å²) in [6.45, 7) is 1.98. The van der Waals surface area contributed by atoms with E-state index in [0.717, 1.165) is 11.1 Å². The Morgan fingerprint density at radius 3 is 2.57 bits per heavy atom. The number of aromatic nitrogens is 2. The third-order valence-electron chi connectivity index (χ3n) is 3.50. The molecular weight excluding hydrogens is 286 g/mol. The van der Waals surface area contributed by atoms with Crippen LogP contribution in [0.5, 0.6) is 0 Å². The Morgan fingerprint density at radius 2 is 1.87 bits per heavy atom. The van der Waals surface area contributed by atoms with E-state index in [1.807, 2.05) is 61.5 Å². The summed E-state index contributed by atoms with van der Waals surface area (Å²) in [6.07, 6.45) is 3.59. The average molecular weight is 303 g/mol. The number of nitrogens with one attached hydrogen (secondary N) is 1. The minimum Gasteiger partial charge on any atom is -0.329 e. The monoisotopic (exact) mass is 303 g/mol. The van der Waals surface area contributed by atoms with Gasteiger partial charge in [0.2, 0.25) is 5.95 Å². The summed E-state index contributed by atoms with van der Waals surface area (Å²) >= 11 is 0. The second-order valence-electron chi connectivity index (χ2n) is 5.31. The maximum atomic E-state index is 12.6. The largest absolute Gasteiger partial charge is 0.329 e. The maximum Gasteiger partial charge on any atom is 0.227 e. The van der Waals surface area contributed by atoms with Gasteiger partial charge in [-0.15, -0.1) is 0 Å². The van der Waals surface area contributed by atoms with E-state index >= 15 is 0 Å². The molecule has 0 saturated heterocycles. The summed E-state index contributed by atoms with van der Waals surface area (Å²) in [7, 11) is 0. The highest BCUT2D eigenvalue weighted by molar-refractivity contribution is 6.16. The van der Waals surface area contributed by atoms with E-state index in [1.165, 1.54) is 0 Å². The topological polar surface area (TPSA) is 58.1 Å². The molecule has 0 unspecified atom stereocenters. The Kier molecular flexibility index (Phi) is 4.43. The molecule has 1 aromatic heterocycles. The van der Waals surface area contributed by atoms with Gasteiger partial charge in [-0.05, 0) is 18.6 Å². The van der Waals surface area contributed by atoms with Crippen molar-refractivity contribution in [1.29, 1.82) is 0 Å². The predicted molar refractivity (Wildman–Crippen MR) is 91.4 cm³/mol. The van der Waals surface area contributed by atoms with E-state index in [4.69, 9.17) is 0 Å². The predicted octanol–water partition coefficient (Wildman–Crippen LogP) is 4.11. The van der Waals surface area contributed by atoms with Crippen LogP contribution in [-0.2, 0) is 0 Å². The van der Waals surface area contributed by atoms with Crippen LogP contribution in [0.1, 0.15) is 27.9 Å².